The number of H-pyrrole nitrogens is 1. The van der Waals surface area contributed by atoms with E-state index in [2.05, 4.69) is 29.3 Å². The summed E-state index contributed by atoms with van der Waals surface area (Å²) in [4.78, 5) is 17.9. The third kappa shape index (κ3) is 3.49. The number of nitrogens with one attached hydrogen (secondary N) is 1. The standard InChI is InChI=1S/C23H21N3O2/c1-16(28-19-8-6-17(14-24)7-9-19)23(27)26-12-10-18(11-13-26)21-15-25-22-5-3-2-4-20(21)22/h2-10,15-16,25H,11-13H2,1H3/t16-/m1/s1. The summed E-state index contributed by atoms with van der Waals surface area (Å²) in [7, 11) is 0. The summed E-state index contributed by atoms with van der Waals surface area (Å²) in [6.07, 6.45) is 4.42. The van der Waals surface area contributed by atoms with Gasteiger partial charge in [0.1, 0.15) is 5.75 Å². The number of carbonyl (C=O) groups excluding carboxylic acids is 1. The van der Waals surface area contributed by atoms with E-state index in [4.69, 9.17) is 10.00 Å². The molecular weight excluding hydrogens is 350 g/mol. The first-order valence-electron chi connectivity index (χ1n) is 9.37. The van der Waals surface area contributed by atoms with Crippen LogP contribution in [0.1, 0.15) is 24.5 Å². The van der Waals surface area contributed by atoms with Gasteiger partial charge in [0.05, 0.1) is 11.6 Å². The minimum atomic E-state index is -0.573. The monoisotopic (exact) mass is 371 g/mol. The minimum Gasteiger partial charge on any atom is -0.481 e. The van der Waals surface area contributed by atoms with Crippen LogP contribution in [0.5, 0.6) is 5.75 Å². The van der Waals surface area contributed by atoms with E-state index in [1.54, 1.807) is 31.2 Å². The van der Waals surface area contributed by atoms with Crippen molar-refractivity contribution in [3.8, 4) is 11.8 Å². The van der Waals surface area contributed by atoms with Gasteiger partial charge in [0, 0.05) is 35.8 Å². The van der Waals surface area contributed by atoms with E-state index in [1.165, 1.54) is 16.5 Å². The molecule has 0 spiro atoms. The summed E-state index contributed by atoms with van der Waals surface area (Å²) in [5, 5.41) is 10.1. The molecule has 0 unspecified atom stereocenters. The zero-order valence-electron chi connectivity index (χ0n) is 15.7. The molecule has 0 radical (unpaired) electrons. The third-order valence-electron chi connectivity index (χ3n) is 5.10. The molecule has 5 heteroatoms. The Hall–Kier alpha value is -3.52. The highest BCUT2D eigenvalue weighted by Crippen LogP contribution is 2.29. The van der Waals surface area contributed by atoms with E-state index in [9.17, 15) is 4.79 Å². The van der Waals surface area contributed by atoms with Crippen molar-refractivity contribution in [2.75, 3.05) is 13.1 Å². The Bertz CT molecular complexity index is 1070. The largest absolute Gasteiger partial charge is 0.481 e. The fourth-order valence-corrected chi connectivity index (χ4v) is 3.57. The molecule has 1 amide bonds. The Morgan fingerprint density at radius 3 is 2.71 bits per heavy atom. The van der Waals surface area contributed by atoms with E-state index in [-0.39, 0.29) is 5.91 Å². The maximum Gasteiger partial charge on any atom is 0.263 e. The van der Waals surface area contributed by atoms with Crippen molar-refractivity contribution < 1.29 is 9.53 Å². The van der Waals surface area contributed by atoms with Crippen LogP contribution in [-0.4, -0.2) is 35.0 Å². The van der Waals surface area contributed by atoms with Gasteiger partial charge in [-0.15, -0.1) is 0 Å². The highest BCUT2D eigenvalue weighted by atomic mass is 16.5. The van der Waals surface area contributed by atoms with Gasteiger partial charge in [0.15, 0.2) is 6.10 Å². The van der Waals surface area contributed by atoms with E-state index in [0.29, 0.717) is 24.4 Å². The van der Waals surface area contributed by atoms with Crippen molar-refractivity contribution in [1.29, 1.82) is 5.26 Å². The molecule has 4 rings (SSSR count). The highest BCUT2D eigenvalue weighted by molar-refractivity contribution is 5.93. The van der Waals surface area contributed by atoms with Crippen LogP contribution in [0.15, 0.2) is 60.8 Å². The number of para-hydroxylation sites is 1. The van der Waals surface area contributed by atoms with Crippen LogP contribution in [-0.2, 0) is 4.79 Å². The Morgan fingerprint density at radius 1 is 1.21 bits per heavy atom. The SMILES string of the molecule is C[C@@H](Oc1ccc(C#N)cc1)C(=O)N1CC=C(c2c[nH]c3ccccc23)CC1. The third-order valence-corrected chi connectivity index (χ3v) is 5.10. The lowest BCUT2D eigenvalue weighted by atomic mass is 9.99. The molecule has 0 bridgehead atoms. The fourth-order valence-electron chi connectivity index (χ4n) is 3.57. The number of aromatic nitrogens is 1. The van der Waals surface area contributed by atoms with Crippen molar-refractivity contribution in [2.24, 2.45) is 0 Å². The first-order chi connectivity index (χ1) is 13.7. The summed E-state index contributed by atoms with van der Waals surface area (Å²) < 4.78 is 5.76. The number of aromatic amines is 1. The molecule has 0 saturated heterocycles. The van der Waals surface area contributed by atoms with Crippen LogP contribution < -0.4 is 4.74 Å². The lowest BCUT2D eigenvalue weighted by molar-refractivity contribution is -0.137. The van der Waals surface area contributed by atoms with E-state index >= 15 is 0 Å². The summed E-state index contributed by atoms with van der Waals surface area (Å²) in [5.41, 5.74) is 4.17. The molecule has 1 N–H and O–H groups in total. The maximum atomic E-state index is 12.7. The van der Waals surface area contributed by atoms with E-state index in [0.717, 1.165) is 11.9 Å². The molecule has 0 aliphatic carbocycles. The Morgan fingerprint density at radius 2 is 2.00 bits per heavy atom. The highest BCUT2D eigenvalue weighted by Gasteiger charge is 2.24. The number of nitriles is 1. The smallest absolute Gasteiger partial charge is 0.263 e. The number of rotatable bonds is 4. The van der Waals surface area contributed by atoms with Crippen molar-refractivity contribution >= 4 is 22.4 Å². The van der Waals surface area contributed by atoms with Crippen LogP contribution in [0.25, 0.3) is 16.5 Å². The van der Waals surface area contributed by atoms with Crippen LogP contribution in [0.4, 0.5) is 0 Å². The molecule has 0 fully saturated rings. The predicted octanol–water partition coefficient (Wildman–Crippen LogP) is 4.12. The van der Waals surface area contributed by atoms with Crippen molar-refractivity contribution in [3.63, 3.8) is 0 Å². The quantitative estimate of drug-likeness (QED) is 0.750. The van der Waals surface area contributed by atoms with E-state index < -0.39 is 6.10 Å². The van der Waals surface area contributed by atoms with Gasteiger partial charge in [-0.25, -0.2) is 0 Å². The molecule has 1 aliphatic rings. The Balaban J connectivity index is 1.42. The Kier molecular flexibility index (Phi) is 4.86. The second-order valence-corrected chi connectivity index (χ2v) is 6.91. The normalized spacial score (nSPS) is 15.0. The molecule has 28 heavy (non-hydrogen) atoms. The molecule has 2 heterocycles. The molecule has 5 nitrogen and oxygen atoms in total. The number of benzene rings is 2. The minimum absolute atomic E-state index is 0.0291. The summed E-state index contributed by atoms with van der Waals surface area (Å²) in [5.74, 6) is 0.561. The number of hydrogen-bond acceptors (Lipinski definition) is 3. The fraction of sp³-hybridized carbons (Fsp3) is 0.217. The summed E-state index contributed by atoms with van der Waals surface area (Å²) >= 11 is 0. The first-order valence-corrected chi connectivity index (χ1v) is 9.37. The van der Waals surface area contributed by atoms with Gasteiger partial charge in [0.2, 0.25) is 0 Å². The van der Waals surface area contributed by atoms with Gasteiger partial charge in [-0.3, -0.25) is 4.79 Å². The van der Waals surface area contributed by atoms with Gasteiger partial charge in [-0.2, -0.15) is 5.26 Å². The molecule has 2 aromatic carbocycles. The Labute approximate surface area is 163 Å². The maximum absolute atomic E-state index is 12.7. The average Bonchev–Trinajstić information content (AvgIpc) is 3.18. The molecule has 1 aliphatic heterocycles. The molecule has 1 aromatic heterocycles. The lowest BCUT2D eigenvalue weighted by Gasteiger charge is -2.29. The second-order valence-electron chi connectivity index (χ2n) is 6.91. The van der Waals surface area contributed by atoms with Gasteiger partial charge >= 0.3 is 0 Å². The van der Waals surface area contributed by atoms with Crippen LogP contribution in [0.2, 0.25) is 0 Å². The number of nitrogens with zero attached hydrogens (tertiary/aromatic N) is 2. The van der Waals surface area contributed by atoms with Gasteiger partial charge in [0.25, 0.3) is 5.91 Å². The van der Waals surface area contributed by atoms with Crippen LogP contribution in [0.3, 0.4) is 0 Å². The number of carbonyl (C=O) groups is 1. The van der Waals surface area contributed by atoms with Crippen molar-refractivity contribution in [2.45, 2.75) is 19.4 Å². The molecule has 1 atom stereocenters. The van der Waals surface area contributed by atoms with Crippen molar-refractivity contribution in [1.82, 2.24) is 9.88 Å². The second kappa shape index (κ2) is 7.61. The zero-order valence-corrected chi connectivity index (χ0v) is 15.7. The number of ether oxygens (including phenoxy) is 1. The van der Waals surface area contributed by atoms with Gasteiger partial charge in [-0.1, -0.05) is 24.3 Å². The van der Waals surface area contributed by atoms with Crippen LogP contribution >= 0.6 is 0 Å². The zero-order chi connectivity index (χ0) is 19.5. The predicted molar refractivity (Wildman–Crippen MR) is 109 cm³/mol. The molecule has 0 saturated carbocycles. The van der Waals surface area contributed by atoms with Gasteiger partial charge in [-0.05, 0) is 49.2 Å². The average molecular weight is 371 g/mol. The van der Waals surface area contributed by atoms with E-state index in [1.807, 2.05) is 23.2 Å². The number of hydrogen-bond donors (Lipinski definition) is 1. The molecule has 3 aromatic rings. The number of amides is 1. The lowest BCUT2D eigenvalue weighted by Crippen LogP contribution is -2.42. The summed E-state index contributed by atoms with van der Waals surface area (Å²) in [6, 6.07) is 17.1. The first kappa shape index (κ1) is 17.9. The van der Waals surface area contributed by atoms with Crippen LogP contribution in [0, 0.1) is 11.3 Å². The molecular formula is C23H21N3O2. The topological polar surface area (TPSA) is 69.1 Å². The summed E-state index contributed by atoms with van der Waals surface area (Å²) in [6.45, 7) is 3.01. The number of fused-ring (bicyclic) bond motifs is 1. The van der Waals surface area contributed by atoms with Crippen molar-refractivity contribution in [3.05, 3.63) is 71.9 Å². The van der Waals surface area contributed by atoms with Gasteiger partial charge < -0.3 is 14.6 Å². The molecule has 140 valence electrons.